The SMILES string of the molecule is NC(=O)CC[C@@H]1NC(=O)[C@H](Cc2ccccc2)NC(=O)[C@H](Cc2ccc(O)cc2)NC(=O)[C@@H](N)CSSC[C@@H](C(N)=O)NC(=O)[C@H](CC(N)=O)NC1=O. The number of hydrogen-bond donors (Lipinski definition) is 10. The van der Waals surface area contributed by atoms with Gasteiger partial charge in [-0.15, -0.1) is 0 Å². The van der Waals surface area contributed by atoms with Crippen molar-refractivity contribution >= 4 is 68.8 Å². The summed E-state index contributed by atoms with van der Waals surface area (Å²) in [5, 5.41) is 22.3. The summed E-state index contributed by atoms with van der Waals surface area (Å²) < 4.78 is 0. The number of nitrogens with one attached hydrogen (secondary N) is 5. The first kappa shape index (κ1) is 42.1. The van der Waals surface area contributed by atoms with Gasteiger partial charge in [-0.2, -0.15) is 0 Å². The highest BCUT2D eigenvalue weighted by Gasteiger charge is 2.34. The Morgan fingerprint density at radius 1 is 0.623 bits per heavy atom. The molecule has 0 unspecified atom stereocenters. The van der Waals surface area contributed by atoms with Gasteiger partial charge >= 0.3 is 0 Å². The molecule has 18 nitrogen and oxygen atoms in total. The van der Waals surface area contributed by atoms with E-state index >= 15 is 0 Å². The molecule has 0 radical (unpaired) electrons. The minimum absolute atomic E-state index is 0.00440. The van der Waals surface area contributed by atoms with Gasteiger partial charge in [-0.05, 0) is 29.7 Å². The average Bonchev–Trinajstić information content (AvgIpc) is 3.10. The Morgan fingerprint density at radius 2 is 1.11 bits per heavy atom. The second-order valence-electron chi connectivity index (χ2n) is 12.1. The van der Waals surface area contributed by atoms with E-state index in [1.165, 1.54) is 12.1 Å². The highest BCUT2D eigenvalue weighted by atomic mass is 33.1. The highest BCUT2D eigenvalue weighted by Crippen LogP contribution is 2.23. The summed E-state index contributed by atoms with van der Waals surface area (Å²) >= 11 is 0. The molecule has 1 saturated heterocycles. The molecule has 1 heterocycles. The van der Waals surface area contributed by atoms with E-state index in [0.717, 1.165) is 21.6 Å². The van der Waals surface area contributed by atoms with Gasteiger partial charge in [0, 0.05) is 30.8 Å². The molecule has 53 heavy (non-hydrogen) atoms. The first-order chi connectivity index (χ1) is 25.1. The molecule has 8 amide bonds. The van der Waals surface area contributed by atoms with Gasteiger partial charge in [-0.25, -0.2) is 0 Å². The number of nitrogens with two attached hydrogens (primary N) is 4. The standard InChI is InChI=1S/C33H43N9O9S2/c34-20-15-52-53-16-25(28(37)46)42-33(51)24(14-27(36)45)41-30(48)21(10-11-26(35)44)38-31(49)23(12-17-4-2-1-3-5-17)40-32(50)22(39-29(20)47)13-18-6-8-19(43)9-7-18/h1-9,20-25,43H,10-16,34H2,(H2,35,44)(H2,36,45)(H2,37,46)(H,38,49)(H,39,47)(H,40,50)(H,41,48)(H,42,51)/t20-,21-,22-,23-,24-,25-/m0/s1. The Bertz CT molecular complexity index is 1650. The Balaban J connectivity index is 2.05. The maximum atomic E-state index is 13.9. The van der Waals surface area contributed by atoms with Crippen LogP contribution in [0.2, 0.25) is 0 Å². The second-order valence-corrected chi connectivity index (χ2v) is 14.7. The summed E-state index contributed by atoms with van der Waals surface area (Å²) in [6, 6.07) is 6.22. The Morgan fingerprint density at radius 3 is 1.68 bits per heavy atom. The molecule has 2 aromatic carbocycles. The molecule has 0 aromatic heterocycles. The van der Waals surface area contributed by atoms with Gasteiger partial charge in [-0.3, -0.25) is 38.4 Å². The zero-order valence-electron chi connectivity index (χ0n) is 28.4. The van der Waals surface area contributed by atoms with Crippen LogP contribution in [-0.4, -0.2) is 100 Å². The van der Waals surface area contributed by atoms with Gasteiger partial charge in [0.1, 0.15) is 36.0 Å². The first-order valence-corrected chi connectivity index (χ1v) is 18.8. The number of rotatable bonds is 10. The van der Waals surface area contributed by atoms with E-state index in [4.69, 9.17) is 22.9 Å². The van der Waals surface area contributed by atoms with Gasteiger partial charge < -0.3 is 54.6 Å². The Kier molecular flexibility index (Phi) is 16.4. The average molecular weight is 774 g/mol. The van der Waals surface area contributed by atoms with Crippen LogP contribution in [0.4, 0.5) is 0 Å². The number of carbonyl (C=O) groups is 8. The van der Waals surface area contributed by atoms with Crippen molar-refractivity contribution in [1.29, 1.82) is 0 Å². The fraction of sp³-hybridized carbons (Fsp3) is 0.394. The number of aromatic hydroxyl groups is 1. The lowest BCUT2D eigenvalue weighted by atomic mass is 10.0. The molecule has 0 aliphatic carbocycles. The molecule has 20 heteroatoms. The molecule has 0 spiro atoms. The molecular weight excluding hydrogens is 731 g/mol. The number of hydrogen-bond acceptors (Lipinski definition) is 12. The molecule has 6 atom stereocenters. The molecule has 3 rings (SSSR count). The van der Waals surface area contributed by atoms with Crippen molar-refractivity contribution in [3.8, 4) is 5.75 Å². The van der Waals surface area contributed by atoms with Gasteiger partial charge in [-0.1, -0.05) is 64.1 Å². The van der Waals surface area contributed by atoms with E-state index < -0.39 is 89.9 Å². The largest absolute Gasteiger partial charge is 0.508 e. The lowest BCUT2D eigenvalue weighted by Crippen LogP contribution is -2.60. The van der Waals surface area contributed by atoms with Crippen molar-refractivity contribution < 1.29 is 43.5 Å². The number of primary amides is 3. The lowest BCUT2D eigenvalue weighted by Gasteiger charge is -2.27. The van der Waals surface area contributed by atoms with Crippen molar-refractivity contribution in [1.82, 2.24) is 26.6 Å². The number of phenols is 1. The number of phenolic OH excluding ortho intramolecular Hbond substituents is 1. The third kappa shape index (κ3) is 14.3. The topological polar surface area (TPSA) is 321 Å². The van der Waals surface area contributed by atoms with Crippen molar-refractivity contribution in [2.24, 2.45) is 22.9 Å². The predicted molar refractivity (Wildman–Crippen MR) is 196 cm³/mol. The van der Waals surface area contributed by atoms with Crippen LogP contribution in [-0.2, 0) is 51.2 Å². The van der Waals surface area contributed by atoms with E-state index in [-0.39, 0.29) is 42.9 Å². The van der Waals surface area contributed by atoms with Crippen LogP contribution in [0.1, 0.15) is 30.4 Å². The first-order valence-electron chi connectivity index (χ1n) is 16.3. The summed E-state index contributed by atoms with van der Waals surface area (Å²) in [4.78, 5) is 104. The van der Waals surface area contributed by atoms with Crippen LogP contribution < -0.4 is 49.5 Å². The zero-order chi connectivity index (χ0) is 39.1. The fourth-order valence-corrected chi connectivity index (χ4v) is 7.28. The minimum atomic E-state index is -1.63. The maximum absolute atomic E-state index is 13.9. The van der Waals surface area contributed by atoms with E-state index in [1.807, 2.05) is 0 Å². The Labute approximate surface area is 312 Å². The molecule has 14 N–H and O–H groups in total. The molecular formula is C33H43N9O9S2. The summed E-state index contributed by atoms with van der Waals surface area (Å²) in [7, 11) is 2.12. The van der Waals surface area contributed by atoms with Gasteiger partial charge in [0.2, 0.25) is 47.3 Å². The van der Waals surface area contributed by atoms with Gasteiger partial charge in [0.15, 0.2) is 0 Å². The van der Waals surface area contributed by atoms with E-state index in [1.54, 1.807) is 42.5 Å². The Hall–Kier alpha value is -5.34. The van der Waals surface area contributed by atoms with Crippen molar-refractivity contribution in [2.45, 2.75) is 68.4 Å². The smallest absolute Gasteiger partial charge is 0.243 e. The van der Waals surface area contributed by atoms with Crippen LogP contribution in [0.3, 0.4) is 0 Å². The van der Waals surface area contributed by atoms with E-state index in [2.05, 4.69) is 26.6 Å². The van der Waals surface area contributed by atoms with E-state index in [0.29, 0.717) is 11.1 Å². The third-order valence-corrected chi connectivity index (χ3v) is 10.3. The van der Waals surface area contributed by atoms with Crippen LogP contribution in [0.25, 0.3) is 0 Å². The third-order valence-electron chi connectivity index (χ3n) is 7.84. The number of amides is 8. The van der Waals surface area contributed by atoms with Gasteiger partial charge in [0.05, 0.1) is 12.5 Å². The van der Waals surface area contributed by atoms with Crippen molar-refractivity contribution in [2.75, 3.05) is 11.5 Å². The van der Waals surface area contributed by atoms with Gasteiger partial charge in [0.25, 0.3) is 0 Å². The molecule has 0 bridgehead atoms. The van der Waals surface area contributed by atoms with Crippen LogP contribution >= 0.6 is 21.6 Å². The van der Waals surface area contributed by atoms with Crippen molar-refractivity contribution in [3.05, 3.63) is 65.7 Å². The molecule has 1 fully saturated rings. The monoisotopic (exact) mass is 773 g/mol. The van der Waals surface area contributed by atoms with Crippen LogP contribution in [0.5, 0.6) is 5.75 Å². The number of benzene rings is 2. The molecule has 2 aromatic rings. The molecule has 1 aliphatic rings. The second kappa shape index (κ2) is 20.6. The summed E-state index contributed by atoms with van der Waals surface area (Å²) in [6.45, 7) is 0. The number of carbonyl (C=O) groups excluding carboxylic acids is 8. The van der Waals surface area contributed by atoms with Crippen LogP contribution in [0, 0.1) is 0 Å². The van der Waals surface area contributed by atoms with Crippen LogP contribution in [0.15, 0.2) is 54.6 Å². The quantitative estimate of drug-likeness (QED) is 0.108. The molecule has 0 saturated carbocycles. The fourth-order valence-electron chi connectivity index (χ4n) is 4.98. The highest BCUT2D eigenvalue weighted by molar-refractivity contribution is 8.76. The normalized spacial score (nSPS) is 24.0. The zero-order valence-corrected chi connectivity index (χ0v) is 30.1. The predicted octanol–water partition coefficient (Wildman–Crippen LogP) is -3.05. The van der Waals surface area contributed by atoms with Crippen molar-refractivity contribution in [3.63, 3.8) is 0 Å². The minimum Gasteiger partial charge on any atom is -0.508 e. The summed E-state index contributed by atoms with van der Waals surface area (Å²) in [6.07, 6.45) is -1.60. The maximum Gasteiger partial charge on any atom is 0.243 e. The summed E-state index contributed by atoms with van der Waals surface area (Å²) in [5.74, 6) is -7.27. The van der Waals surface area contributed by atoms with E-state index in [9.17, 15) is 43.5 Å². The molecule has 1 aliphatic heterocycles. The summed E-state index contributed by atoms with van der Waals surface area (Å²) in [5.41, 5.74) is 23.5. The lowest BCUT2D eigenvalue weighted by molar-refractivity contribution is -0.135. The molecule has 286 valence electrons.